The predicted octanol–water partition coefficient (Wildman–Crippen LogP) is 3.98. The number of hydrogen-bond donors (Lipinski definition) is 1. The molecule has 0 atom stereocenters. The van der Waals surface area contributed by atoms with Crippen LogP contribution in [0.4, 0.5) is 4.39 Å². The van der Waals surface area contributed by atoms with Crippen LogP contribution in [-0.4, -0.2) is 35.3 Å². The lowest BCUT2D eigenvalue weighted by Crippen LogP contribution is -2.21. The predicted molar refractivity (Wildman–Crippen MR) is 108 cm³/mol. The molecule has 0 unspecified atom stereocenters. The van der Waals surface area contributed by atoms with Gasteiger partial charge in [0.05, 0.1) is 16.9 Å². The van der Waals surface area contributed by atoms with Crippen molar-refractivity contribution < 1.29 is 9.50 Å². The fourth-order valence-electron chi connectivity index (χ4n) is 3.79. The second kappa shape index (κ2) is 6.29. The lowest BCUT2D eigenvalue weighted by molar-refractivity contribution is 0.0810. The van der Waals surface area contributed by atoms with E-state index < -0.39 is 5.60 Å². The molecule has 0 radical (unpaired) electrons. The van der Waals surface area contributed by atoms with Gasteiger partial charge in [0, 0.05) is 18.0 Å². The van der Waals surface area contributed by atoms with E-state index in [1.807, 2.05) is 19.1 Å². The molecule has 1 fully saturated rings. The highest BCUT2D eigenvalue weighted by atomic mass is 19.1. The Kier molecular flexibility index (Phi) is 3.93. The summed E-state index contributed by atoms with van der Waals surface area (Å²) >= 11 is 0. The number of aryl methyl sites for hydroxylation is 1. The molecule has 0 saturated heterocycles. The fourth-order valence-corrected chi connectivity index (χ4v) is 3.79. The van der Waals surface area contributed by atoms with Crippen LogP contribution in [0.3, 0.4) is 0 Å². The minimum Gasteiger partial charge on any atom is -0.390 e. The number of hydrogen-bond acceptors (Lipinski definition) is 5. The van der Waals surface area contributed by atoms with Gasteiger partial charge in [0.25, 0.3) is 0 Å². The molecule has 3 aromatic heterocycles. The van der Waals surface area contributed by atoms with Gasteiger partial charge in [-0.15, -0.1) is 10.2 Å². The van der Waals surface area contributed by atoms with Crippen molar-refractivity contribution in [3.05, 3.63) is 53.1 Å². The molecule has 7 heteroatoms. The summed E-state index contributed by atoms with van der Waals surface area (Å²) in [6, 6.07) is 8.82. The van der Waals surface area contributed by atoms with E-state index in [0.717, 1.165) is 29.6 Å². The van der Waals surface area contributed by atoms with Gasteiger partial charge >= 0.3 is 0 Å². The molecule has 3 heterocycles. The quantitative estimate of drug-likeness (QED) is 0.569. The Morgan fingerprint density at radius 2 is 1.90 bits per heavy atom. The van der Waals surface area contributed by atoms with Crippen molar-refractivity contribution >= 4 is 16.8 Å². The summed E-state index contributed by atoms with van der Waals surface area (Å²) in [5, 5.41) is 18.7. The summed E-state index contributed by atoms with van der Waals surface area (Å²) in [5.41, 5.74) is 3.95. The molecule has 1 aromatic carbocycles. The minimum atomic E-state index is -0.893. The van der Waals surface area contributed by atoms with Gasteiger partial charge in [0.15, 0.2) is 17.1 Å². The maximum Gasteiger partial charge on any atom is 0.184 e. The molecule has 6 nitrogen and oxygen atoms in total. The van der Waals surface area contributed by atoms with Crippen LogP contribution in [0.5, 0.6) is 0 Å². The Balaban J connectivity index is 1.76. The molecule has 1 saturated carbocycles. The molecule has 0 spiro atoms. The van der Waals surface area contributed by atoms with Crippen LogP contribution in [0.15, 0.2) is 30.3 Å². The van der Waals surface area contributed by atoms with Gasteiger partial charge in [0.1, 0.15) is 11.3 Å². The van der Waals surface area contributed by atoms with E-state index in [-0.39, 0.29) is 5.82 Å². The number of fused-ring (bicyclic) bond motifs is 3. The van der Waals surface area contributed by atoms with Gasteiger partial charge in [-0.25, -0.2) is 14.4 Å². The SMILES string of the molecule is Cc1nc2ccc(C3CC3)nc2n2c(-c3cc(CC(C)(C)O)ccc3F)nnc12. The Morgan fingerprint density at radius 1 is 1.10 bits per heavy atom. The van der Waals surface area contributed by atoms with E-state index in [1.165, 1.54) is 6.07 Å². The lowest BCUT2D eigenvalue weighted by Gasteiger charge is -2.17. The minimum absolute atomic E-state index is 0.338. The summed E-state index contributed by atoms with van der Waals surface area (Å²) in [5.74, 6) is 0.494. The van der Waals surface area contributed by atoms with E-state index in [1.54, 1.807) is 30.4 Å². The maximum absolute atomic E-state index is 14.8. The van der Waals surface area contributed by atoms with Crippen LogP contribution in [0, 0.1) is 12.7 Å². The first-order chi connectivity index (χ1) is 13.8. The standard InChI is InChI=1S/C22H22FN5O/c1-12-19-26-27-20(15-10-13(4-7-16(15)23)11-22(2,3)29)28(19)21-18(24-12)9-8-17(25-21)14-5-6-14/h4,7-10,14,29H,5-6,11H2,1-3H3. The van der Waals surface area contributed by atoms with E-state index in [4.69, 9.17) is 4.98 Å². The molecule has 1 aliphatic rings. The molecule has 1 aliphatic carbocycles. The molecule has 5 rings (SSSR count). The van der Waals surface area contributed by atoms with Crippen LogP contribution in [-0.2, 0) is 6.42 Å². The molecule has 0 aliphatic heterocycles. The first-order valence-electron chi connectivity index (χ1n) is 9.84. The van der Waals surface area contributed by atoms with E-state index in [9.17, 15) is 9.50 Å². The van der Waals surface area contributed by atoms with Gasteiger partial charge in [-0.3, -0.25) is 4.40 Å². The molecular formula is C22H22FN5O. The Morgan fingerprint density at radius 3 is 2.62 bits per heavy atom. The zero-order valence-electron chi connectivity index (χ0n) is 16.6. The third kappa shape index (κ3) is 3.25. The average molecular weight is 391 g/mol. The molecule has 0 amide bonds. The molecule has 148 valence electrons. The summed E-state index contributed by atoms with van der Waals surface area (Å²) in [7, 11) is 0. The first kappa shape index (κ1) is 18.1. The molecule has 4 aromatic rings. The van der Waals surface area contributed by atoms with Gasteiger partial charge < -0.3 is 5.11 Å². The monoisotopic (exact) mass is 391 g/mol. The zero-order valence-corrected chi connectivity index (χ0v) is 16.6. The lowest BCUT2D eigenvalue weighted by atomic mass is 9.97. The third-order valence-electron chi connectivity index (χ3n) is 5.27. The highest BCUT2D eigenvalue weighted by Gasteiger charge is 2.26. The van der Waals surface area contributed by atoms with Gasteiger partial charge in [-0.05, 0) is 63.4 Å². The number of pyridine rings is 1. The summed E-state index contributed by atoms with van der Waals surface area (Å²) in [6.07, 6.45) is 2.69. The highest BCUT2D eigenvalue weighted by molar-refractivity contribution is 5.78. The van der Waals surface area contributed by atoms with E-state index in [0.29, 0.717) is 40.7 Å². The topological polar surface area (TPSA) is 76.2 Å². The fraction of sp³-hybridized carbons (Fsp3) is 0.364. The van der Waals surface area contributed by atoms with Crippen LogP contribution in [0.1, 0.15) is 49.6 Å². The first-order valence-corrected chi connectivity index (χ1v) is 9.84. The Bertz CT molecular complexity index is 1250. The second-order valence-corrected chi connectivity index (χ2v) is 8.54. The number of halogens is 1. The van der Waals surface area contributed by atoms with Crippen LogP contribution >= 0.6 is 0 Å². The normalized spacial score (nSPS) is 14.8. The number of aliphatic hydroxyl groups is 1. The summed E-state index contributed by atoms with van der Waals surface area (Å²) < 4.78 is 16.6. The van der Waals surface area contributed by atoms with Gasteiger partial charge in [-0.1, -0.05) is 6.07 Å². The van der Waals surface area contributed by atoms with Crippen molar-refractivity contribution in [3.8, 4) is 11.4 Å². The van der Waals surface area contributed by atoms with Gasteiger partial charge in [0.2, 0.25) is 0 Å². The van der Waals surface area contributed by atoms with Crippen LogP contribution < -0.4 is 0 Å². The number of benzene rings is 1. The zero-order chi connectivity index (χ0) is 20.3. The molecule has 29 heavy (non-hydrogen) atoms. The highest BCUT2D eigenvalue weighted by Crippen LogP contribution is 2.39. The smallest absolute Gasteiger partial charge is 0.184 e. The number of nitrogens with zero attached hydrogens (tertiary/aromatic N) is 5. The second-order valence-electron chi connectivity index (χ2n) is 8.54. The van der Waals surface area contributed by atoms with Crippen molar-refractivity contribution in [2.75, 3.05) is 0 Å². The molecule has 0 bridgehead atoms. The number of rotatable bonds is 4. The van der Waals surface area contributed by atoms with Crippen LogP contribution in [0.2, 0.25) is 0 Å². The van der Waals surface area contributed by atoms with E-state index in [2.05, 4.69) is 15.2 Å². The largest absolute Gasteiger partial charge is 0.390 e. The average Bonchev–Trinajstić information content (AvgIpc) is 3.40. The van der Waals surface area contributed by atoms with Crippen molar-refractivity contribution in [2.45, 2.75) is 51.6 Å². The van der Waals surface area contributed by atoms with Gasteiger partial charge in [-0.2, -0.15) is 0 Å². The third-order valence-corrected chi connectivity index (χ3v) is 5.27. The van der Waals surface area contributed by atoms with Crippen LogP contribution in [0.25, 0.3) is 28.2 Å². The Hall–Kier alpha value is -2.93. The van der Waals surface area contributed by atoms with Crippen molar-refractivity contribution in [1.82, 2.24) is 24.6 Å². The Labute approximate surface area is 167 Å². The van der Waals surface area contributed by atoms with Crippen molar-refractivity contribution in [2.24, 2.45) is 0 Å². The molecule has 1 N–H and O–H groups in total. The maximum atomic E-state index is 14.8. The van der Waals surface area contributed by atoms with Crippen molar-refractivity contribution in [1.29, 1.82) is 0 Å². The molecular weight excluding hydrogens is 369 g/mol. The van der Waals surface area contributed by atoms with E-state index >= 15 is 0 Å². The summed E-state index contributed by atoms with van der Waals surface area (Å²) in [4.78, 5) is 9.44. The summed E-state index contributed by atoms with van der Waals surface area (Å²) in [6.45, 7) is 5.33. The van der Waals surface area contributed by atoms with Crippen molar-refractivity contribution in [3.63, 3.8) is 0 Å². The number of aromatic nitrogens is 5.